The average molecular weight is 318 g/mol. The summed E-state index contributed by atoms with van der Waals surface area (Å²) in [5, 5.41) is 5.20. The van der Waals surface area contributed by atoms with Gasteiger partial charge < -0.3 is 15.4 Å². The summed E-state index contributed by atoms with van der Waals surface area (Å²) >= 11 is 0. The van der Waals surface area contributed by atoms with Crippen molar-refractivity contribution in [2.45, 2.75) is 31.8 Å². The molecule has 0 spiro atoms. The second-order valence-corrected chi connectivity index (χ2v) is 5.05. The van der Waals surface area contributed by atoms with Gasteiger partial charge in [0.05, 0.1) is 7.11 Å². The number of esters is 1. The topological polar surface area (TPSA) is 84.5 Å². The van der Waals surface area contributed by atoms with Gasteiger partial charge in [-0.05, 0) is 12.0 Å². The molecule has 0 aliphatic carbocycles. The van der Waals surface area contributed by atoms with Gasteiger partial charge in [-0.2, -0.15) is 0 Å². The Morgan fingerprint density at radius 2 is 1.83 bits per heavy atom. The van der Waals surface area contributed by atoms with Crippen molar-refractivity contribution in [1.29, 1.82) is 0 Å². The van der Waals surface area contributed by atoms with Gasteiger partial charge in [0.25, 0.3) is 0 Å². The minimum atomic E-state index is -0.822. The molecule has 0 unspecified atom stereocenters. The maximum absolute atomic E-state index is 12.4. The molecular formula is C17H22N2O4. The molecule has 0 heterocycles. The van der Waals surface area contributed by atoms with Crippen molar-refractivity contribution < 1.29 is 19.1 Å². The van der Waals surface area contributed by atoms with Crippen LogP contribution in [-0.4, -0.2) is 37.0 Å². The third-order valence-corrected chi connectivity index (χ3v) is 3.18. The van der Waals surface area contributed by atoms with Gasteiger partial charge in [-0.3, -0.25) is 9.59 Å². The van der Waals surface area contributed by atoms with E-state index in [2.05, 4.69) is 21.9 Å². The second-order valence-electron chi connectivity index (χ2n) is 5.05. The Hall–Kier alpha value is -2.63. The van der Waals surface area contributed by atoms with E-state index in [4.69, 9.17) is 0 Å². The molecule has 2 N–H and O–H groups in total. The predicted molar refractivity (Wildman–Crippen MR) is 86.5 cm³/mol. The predicted octanol–water partition coefficient (Wildman–Crippen LogP) is 0.968. The maximum atomic E-state index is 12.4. The fourth-order valence-electron chi connectivity index (χ4n) is 2.10. The minimum absolute atomic E-state index is 0.247. The lowest BCUT2D eigenvalue weighted by Gasteiger charge is -2.21. The van der Waals surface area contributed by atoms with Crippen molar-refractivity contribution in [1.82, 2.24) is 10.6 Å². The van der Waals surface area contributed by atoms with Gasteiger partial charge in [-0.25, -0.2) is 4.79 Å². The second kappa shape index (κ2) is 9.40. The summed E-state index contributed by atoms with van der Waals surface area (Å²) in [6.45, 7) is 4.90. The summed E-state index contributed by atoms with van der Waals surface area (Å²) in [6, 6.07) is 7.71. The number of carbonyl (C=O) groups is 3. The Labute approximate surface area is 135 Å². The van der Waals surface area contributed by atoms with E-state index in [-0.39, 0.29) is 12.3 Å². The van der Waals surface area contributed by atoms with Gasteiger partial charge in [0.1, 0.15) is 12.1 Å². The molecule has 0 radical (unpaired) electrons. The van der Waals surface area contributed by atoms with Crippen LogP contribution in [0, 0.1) is 0 Å². The summed E-state index contributed by atoms with van der Waals surface area (Å²) in [5.41, 5.74) is 0.903. The van der Waals surface area contributed by atoms with E-state index in [0.29, 0.717) is 6.42 Å². The van der Waals surface area contributed by atoms with E-state index < -0.39 is 24.0 Å². The molecule has 0 bridgehead atoms. The lowest BCUT2D eigenvalue weighted by Crippen LogP contribution is -2.52. The molecule has 23 heavy (non-hydrogen) atoms. The van der Waals surface area contributed by atoms with Gasteiger partial charge in [0, 0.05) is 13.3 Å². The van der Waals surface area contributed by atoms with E-state index in [1.54, 1.807) is 0 Å². The number of amides is 2. The zero-order chi connectivity index (χ0) is 17.2. The zero-order valence-corrected chi connectivity index (χ0v) is 13.4. The van der Waals surface area contributed by atoms with Gasteiger partial charge in [0.2, 0.25) is 11.8 Å². The third-order valence-electron chi connectivity index (χ3n) is 3.18. The van der Waals surface area contributed by atoms with E-state index in [1.165, 1.54) is 20.1 Å². The highest BCUT2D eigenvalue weighted by molar-refractivity contribution is 5.90. The van der Waals surface area contributed by atoms with E-state index in [9.17, 15) is 14.4 Å². The van der Waals surface area contributed by atoms with Gasteiger partial charge in [-0.15, -0.1) is 6.58 Å². The van der Waals surface area contributed by atoms with Crippen LogP contribution in [-0.2, 0) is 25.5 Å². The molecule has 0 saturated carbocycles. The van der Waals surface area contributed by atoms with Crippen LogP contribution in [0.5, 0.6) is 0 Å². The van der Waals surface area contributed by atoms with Crippen LogP contribution in [0.25, 0.3) is 0 Å². The average Bonchev–Trinajstić information content (AvgIpc) is 2.53. The molecule has 1 rings (SSSR count). The summed E-state index contributed by atoms with van der Waals surface area (Å²) in [7, 11) is 1.25. The Balaban J connectivity index is 2.83. The molecule has 6 heteroatoms. The molecule has 2 atom stereocenters. The lowest BCUT2D eigenvalue weighted by atomic mass is 10.0. The summed E-state index contributed by atoms with van der Waals surface area (Å²) in [5.74, 6) is -1.32. The molecular weight excluding hydrogens is 296 g/mol. The number of carbonyl (C=O) groups excluding carboxylic acids is 3. The molecule has 0 aliphatic rings. The first-order valence-electron chi connectivity index (χ1n) is 7.28. The van der Waals surface area contributed by atoms with Crippen molar-refractivity contribution >= 4 is 17.8 Å². The van der Waals surface area contributed by atoms with E-state index in [0.717, 1.165) is 5.56 Å². The van der Waals surface area contributed by atoms with Crippen LogP contribution >= 0.6 is 0 Å². The molecule has 0 aliphatic heterocycles. The Morgan fingerprint density at radius 3 is 2.35 bits per heavy atom. The number of ether oxygens (including phenoxy) is 1. The van der Waals surface area contributed by atoms with E-state index >= 15 is 0 Å². The van der Waals surface area contributed by atoms with Crippen LogP contribution in [0.2, 0.25) is 0 Å². The summed E-state index contributed by atoms with van der Waals surface area (Å²) < 4.78 is 4.66. The highest BCUT2D eigenvalue weighted by Gasteiger charge is 2.26. The monoisotopic (exact) mass is 318 g/mol. The lowest BCUT2D eigenvalue weighted by molar-refractivity contribution is -0.145. The molecule has 2 amide bonds. The van der Waals surface area contributed by atoms with Gasteiger partial charge in [0.15, 0.2) is 0 Å². The third kappa shape index (κ3) is 6.34. The van der Waals surface area contributed by atoms with E-state index in [1.807, 2.05) is 30.3 Å². The van der Waals surface area contributed by atoms with Crippen LogP contribution in [0.3, 0.4) is 0 Å². The summed E-state index contributed by atoms with van der Waals surface area (Å²) in [4.78, 5) is 35.4. The number of benzene rings is 1. The van der Waals surface area contributed by atoms with Crippen molar-refractivity contribution in [2.75, 3.05) is 7.11 Å². The number of rotatable bonds is 8. The molecule has 0 aromatic heterocycles. The van der Waals surface area contributed by atoms with Gasteiger partial charge in [-0.1, -0.05) is 36.4 Å². The SMILES string of the molecule is C=CC[C@H](NC(=O)[C@@H](Cc1ccccc1)NC(C)=O)C(=O)OC. The maximum Gasteiger partial charge on any atom is 0.328 e. The van der Waals surface area contributed by atoms with Crippen molar-refractivity contribution in [3.05, 3.63) is 48.6 Å². The number of methoxy groups -OCH3 is 1. The van der Waals surface area contributed by atoms with Crippen molar-refractivity contribution in [3.8, 4) is 0 Å². The van der Waals surface area contributed by atoms with Gasteiger partial charge >= 0.3 is 5.97 Å². The first-order chi connectivity index (χ1) is 11.0. The molecule has 124 valence electrons. The normalized spacial score (nSPS) is 12.6. The number of hydrogen-bond acceptors (Lipinski definition) is 4. The van der Waals surface area contributed by atoms with Crippen LogP contribution in [0.4, 0.5) is 0 Å². The smallest absolute Gasteiger partial charge is 0.328 e. The van der Waals surface area contributed by atoms with Crippen LogP contribution < -0.4 is 10.6 Å². The fraction of sp³-hybridized carbons (Fsp3) is 0.353. The van der Waals surface area contributed by atoms with Crippen LogP contribution in [0.15, 0.2) is 43.0 Å². The Kier molecular flexibility index (Phi) is 7.53. The number of hydrogen-bond donors (Lipinski definition) is 2. The highest BCUT2D eigenvalue weighted by atomic mass is 16.5. The standard InChI is InChI=1S/C17H22N2O4/c1-4-8-14(17(22)23-3)19-16(21)15(18-12(2)20)11-13-9-6-5-7-10-13/h4-7,9-10,14-15H,1,8,11H2,2-3H3,(H,18,20)(H,19,21)/t14-,15+/m0/s1. The largest absolute Gasteiger partial charge is 0.467 e. The van der Waals surface area contributed by atoms with Crippen LogP contribution in [0.1, 0.15) is 18.9 Å². The quantitative estimate of drug-likeness (QED) is 0.552. The minimum Gasteiger partial charge on any atom is -0.467 e. The zero-order valence-electron chi connectivity index (χ0n) is 13.4. The molecule has 1 aromatic carbocycles. The molecule has 6 nitrogen and oxygen atoms in total. The van der Waals surface area contributed by atoms with Crippen molar-refractivity contribution in [3.63, 3.8) is 0 Å². The number of nitrogens with one attached hydrogen (secondary N) is 2. The Bertz CT molecular complexity index is 557. The molecule has 1 aromatic rings. The molecule has 0 fully saturated rings. The fourth-order valence-corrected chi connectivity index (χ4v) is 2.10. The molecule has 0 saturated heterocycles. The Morgan fingerprint density at radius 1 is 1.17 bits per heavy atom. The van der Waals surface area contributed by atoms with Crippen molar-refractivity contribution in [2.24, 2.45) is 0 Å². The first kappa shape index (κ1) is 18.4. The summed E-state index contributed by atoms with van der Waals surface area (Å²) in [6.07, 6.45) is 2.09. The highest BCUT2D eigenvalue weighted by Crippen LogP contribution is 2.05. The first-order valence-corrected chi connectivity index (χ1v) is 7.28.